The smallest absolute Gasteiger partial charge is 0.165 e. The van der Waals surface area contributed by atoms with Gasteiger partial charge in [-0.3, -0.25) is 0 Å². The van der Waals surface area contributed by atoms with E-state index in [1.165, 1.54) is 13.2 Å². The number of halogens is 1. The molecule has 2 N–H and O–H groups in total. The van der Waals surface area contributed by atoms with Crippen molar-refractivity contribution in [1.82, 2.24) is 10.3 Å². The van der Waals surface area contributed by atoms with Crippen LogP contribution in [0.4, 0.5) is 10.1 Å². The fraction of sp³-hybridized carbons (Fsp3) is 0.375. The van der Waals surface area contributed by atoms with E-state index in [4.69, 9.17) is 14.5 Å². The second-order valence-corrected chi connectivity index (χ2v) is 7.79. The lowest BCUT2D eigenvalue weighted by atomic mass is 10.1. The Morgan fingerprint density at radius 2 is 2.03 bits per heavy atom. The van der Waals surface area contributed by atoms with Crippen LogP contribution in [0, 0.1) is 11.7 Å². The minimum absolute atomic E-state index is 0.156. The van der Waals surface area contributed by atoms with E-state index in [2.05, 4.69) is 10.2 Å². The Morgan fingerprint density at radius 3 is 2.71 bits per heavy atom. The highest BCUT2D eigenvalue weighted by Crippen LogP contribution is 2.36. The van der Waals surface area contributed by atoms with Crippen LogP contribution in [0.25, 0.3) is 22.2 Å². The monoisotopic (exact) mass is 425 g/mol. The fourth-order valence-corrected chi connectivity index (χ4v) is 3.97. The van der Waals surface area contributed by atoms with Crippen molar-refractivity contribution in [3.8, 4) is 22.8 Å². The van der Waals surface area contributed by atoms with Crippen LogP contribution in [-0.4, -0.2) is 57.1 Å². The molecule has 4 rings (SSSR count). The Bertz CT molecular complexity index is 1040. The average Bonchev–Trinajstić information content (AvgIpc) is 3.28. The third-order valence-electron chi connectivity index (χ3n) is 5.72. The first kappa shape index (κ1) is 21.3. The maximum atomic E-state index is 14.5. The number of benzene rings is 2. The van der Waals surface area contributed by atoms with Crippen molar-refractivity contribution in [2.75, 3.05) is 51.9 Å². The van der Waals surface area contributed by atoms with Crippen molar-refractivity contribution in [3.05, 3.63) is 48.3 Å². The van der Waals surface area contributed by atoms with Gasteiger partial charge in [0.2, 0.25) is 0 Å². The van der Waals surface area contributed by atoms with Crippen LogP contribution in [0.5, 0.6) is 11.5 Å². The van der Waals surface area contributed by atoms with Crippen LogP contribution in [0.15, 0.2) is 42.5 Å². The summed E-state index contributed by atoms with van der Waals surface area (Å²) in [6.07, 6.45) is 0.910. The number of hydrogen-bond acceptors (Lipinski definition) is 6. The van der Waals surface area contributed by atoms with Gasteiger partial charge < -0.3 is 24.8 Å². The van der Waals surface area contributed by atoms with Crippen molar-refractivity contribution < 1.29 is 19.0 Å². The van der Waals surface area contributed by atoms with E-state index in [0.717, 1.165) is 54.1 Å². The summed E-state index contributed by atoms with van der Waals surface area (Å²) in [6.45, 7) is 3.08. The lowest BCUT2D eigenvalue weighted by molar-refractivity contribution is 0.238. The van der Waals surface area contributed by atoms with Gasteiger partial charge in [0.1, 0.15) is 12.4 Å². The normalized spacial score (nSPS) is 16.1. The number of aliphatic hydroxyl groups is 1. The van der Waals surface area contributed by atoms with Crippen LogP contribution < -0.4 is 19.7 Å². The molecule has 6 nitrogen and oxygen atoms in total. The molecule has 0 saturated carbocycles. The summed E-state index contributed by atoms with van der Waals surface area (Å²) in [6, 6.07) is 13.0. The summed E-state index contributed by atoms with van der Waals surface area (Å²) in [5, 5.41) is 13.4. The third kappa shape index (κ3) is 4.57. The first-order chi connectivity index (χ1) is 15.1. The number of anilines is 1. The van der Waals surface area contributed by atoms with Crippen molar-refractivity contribution in [3.63, 3.8) is 0 Å². The molecule has 0 radical (unpaired) electrons. The molecular weight excluding hydrogens is 397 g/mol. The number of nitrogens with zero attached hydrogens (tertiary/aromatic N) is 2. The number of hydrogen-bond donors (Lipinski definition) is 2. The van der Waals surface area contributed by atoms with Gasteiger partial charge >= 0.3 is 0 Å². The Kier molecular flexibility index (Phi) is 6.53. The molecule has 1 aliphatic rings. The Morgan fingerprint density at radius 1 is 1.23 bits per heavy atom. The van der Waals surface area contributed by atoms with Crippen molar-refractivity contribution in [2.24, 2.45) is 5.92 Å². The molecule has 164 valence electrons. The summed E-state index contributed by atoms with van der Waals surface area (Å²) in [5.74, 6) is 0.788. The molecule has 1 aliphatic heterocycles. The van der Waals surface area contributed by atoms with Gasteiger partial charge in [-0.05, 0) is 49.9 Å². The summed E-state index contributed by atoms with van der Waals surface area (Å²) in [7, 11) is 3.34. The number of aromatic nitrogens is 1. The minimum atomic E-state index is -0.410. The highest BCUT2D eigenvalue weighted by atomic mass is 19.1. The predicted molar refractivity (Wildman–Crippen MR) is 121 cm³/mol. The van der Waals surface area contributed by atoms with Crippen LogP contribution in [-0.2, 0) is 0 Å². The predicted octanol–water partition coefficient (Wildman–Crippen LogP) is 3.47. The molecule has 31 heavy (non-hydrogen) atoms. The molecular formula is C24H28FN3O3. The van der Waals surface area contributed by atoms with Gasteiger partial charge in [0.25, 0.3) is 0 Å². The largest absolute Gasteiger partial charge is 0.494 e. The molecule has 0 bridgehead atoms. The van der Waals surface area contributed by atoms with Crippen molar-refractivity contribution >= 4 is 16.6 Å². The van der Waals surface area contributed by atoms with Crippen LogP contribution >= 0.6 is 0 Å². The lowest BCUT2D eigenvalue weighted by Crippen LogP contribution is -2.21. The van der Waals surface area contributed by atoms with E-state index in [-0.39, 0.29) is 18.3 Å². The second kappa shape index (κ2) is 9.49. The summed E-state index contributed by atoms with van der Waals surface area (Å²) in [4.78, 5) is 7.00. The third-order valence-corrected chi connectivity index (χ3v) is 5.72. The molecule has 1 aromatic heterocycles. The first-order valence-electron chi connectivity index (χ1n) is 10.5. The number of fused-ring (bicyclic) bond motifs is 1. The van der Waals surface area contributed by atoms with Gasteiger partial charge in [-0.1, -0.05) is 0 Å². The molecule has 0 amide bonds. The SMILES string of the molecule is CNCCOc1ccc(-c2cc(N3CCC(CO)C3)c3cc(F)c(OC)cc3n2)cc1. The zero-order valence-corrected chi connectivity index (χ0v) is 17.9. The summed E-state index contributed by atoms with van der Waals surface area (Å²) < 4.78 is 25.4. The first-order valence-corrected chi connectivity index (χ1v) is 10.5. The van der Waals surface area contributed by atoms with Gasteiger partial charge in [-0.25, -0.2) is 9.37 Å². The van der Waals surface area contributed by atoms with Gasteiger partial charge in [0.05, 0.1) is 18.3 Å². The quantitative estimate of drug-likeness (QED) is 0.539. The van der Waals surface area contributed by atoms with Gasteiger partial charge in [0, 0.05) is 54.9 Å². The molecule has 1 unspecified atom stereocenters. The standard InChI is InChI=1S/C24H28FN3O3/c1-26-8-10-31-18-5-3-17(4-6-18)21-12-23(28-9-7-16(14-28)15-29)19-11-20(25)24(30-2)13-22(19)27-21/h3-6,11-13,16,26,29H,7-10,14-15H2,1-2H3. The molecule has 7 heteroatoms. The molecule has 0 aliphatic carbocycles. The minimum Gasteiger partial charge on any atom is -0.494 e. The number of nitrogens with one attached hydrogen (secondary N) is 1. The zero-order valence-electron chi connectivity index (χ0n) is 17.9. The Labute approximate surface area is 181 Å². The molecule has 2 heterocycles. The molecule has 3 aromatic rings. The van der Waals surface area contributed by atoms with Crippen LogP contribution in [0.2, 0.25) is 0 Å². The van der Waals surface area contributed by atoms with E-state index in [1.54, 1.807) is 6.07 Å². The molecule has 0 spiro atoms. The molecule has 1 atom stereocenters. The van der Waals surface area contributed by atoms with Crippen LogP contribution in [0.3, 0.4) is 0 Å². The Hall–Kier alpha value is -2.90. The Balaban J connectivity index is 1.74. The zero-order chi connectivity index (χ0) is 21.8. The molecule has 1 saturated heterocycles. The summed E-state index contributed by atoms with van der Waals surface area (Å²) >= 11 is 0. The number of aliphatic hydroxyl groups excluding tert-OH is 1. The average molecular weight is 426 g/mol. The molecule has 1 fully saturated rings. The topological polar surface area (TPSA) is 66.9 Å². The van der Waals surface area contributed by atoms with E-state index in [1.807, 2.05) is 37.4 Å². The van der Waals surface area contributed by atoms with Gasteiger partial charge in [-0.2, -0.15) is 0 Å². The maximum absolute atomic E-state index is 14.5. The number of likely N-dealkylation sites (N-methyl/N-ethyl adjacent to an activating group) is 1. The van der Waals surface area contributed by atoms with E-state index in [0.29, 0.717) is 12.1 Å². The second-order valence-electron chi connectivity index (χ2n) is 7.79. The number of ether oxygens (including phenoxy) is 2. The van der Waals surface area contributed by atoms with Crippen molar-refractivity contribution in [2.45, 2.75) is 6.42 Å². The highest BCUT2D eigenvalue weighted by molar-refractivity contribution is 5.95. The van der Waals surface area contributed by atoms with Crippen LogP contribution in [0.1, 0.15) is 6.42 Å². The van der Waals surface area contributed by atoms with E-state index >= 15 is 0 Å². The highest BCUT2D eigenvalue weighted by Gasteiger charge is 2.25. The number of pyridine rings is 1. The van der Waals surface area contributed by atoms with Crippen molar-refractivity contribution in [1.29, 1.82) is 0 Å². The fourth-order valence-electron chi connectivity index (χ4n) is 3.97. The van der Waals surface area contributed by atoms with E-state index in [9.17, 15) is 9.50 Å². The van der Waals surface area contributed by atoms with E-state index < -0.39 is 5.82 Å². The maximum Gasteiger partial charge on any atom is 0.165 e. The number of methoxy groups -OCH3 is 1. The van der Waals surface area contributed by atoms with Gasteiger partial charge in [-0.15, -0.1) is 0 Å². The number of rotatable bonds is 8. The lowest BCUT2D eigenvalue weighted by Gasteiger charge is -2.22. The van der Waals surface area contributed by atoms with Gasteiger partial charge in [0.15, 0.2) is 11.6 Å². The molecule has 2 aromatic carbocycles. The summed E-state index contributed by atoms with van der Waals surface area (Å²) in [5.41, 5.74) is 3.34.